The topological polar surface area (TPSA) is 26.3 Å². The highest BCUT2D eigenvalue weighted by Gasteiger charge is 2.38. The highest BCUT2D eigenvalue weighted by molar-refractivity contribution is 5.86. The Bertz CT molecular complexity index is 184. The lowest BCUT2D eigenvalue weighted by Crippen LogP contribution is -2.40. The fraction of sp³-hybridized carbons (Fsp3) is 0.900. The van der Waals surface area contributed by atoms with Crippen molar-refractivity contribution in [3.05, 3.63) is 0 Å². The molecule has 0 aromatic rings. The van der Waals surface area contributed by atoms with Crippen LogP contribution < -0.4 is 0 Å². The van der Waals surface area contributed by atoms with Crippen molar-refractivity contribution < 1.29 is 9.53 Å². The van der Waals surface area contributed by atoms with Gasteiger partial charge in [0.25, 0.3) is 0 Å². The van der Waals surface area contributed by atoms with E-state index in [0.29, 0.717) is 11.7 Å². The second kappa shape index (κ2) is 3.17. The third kappa shape index (κ3) is 1.28. The Kier molecular flexibility index (Phi) is 2.18. The molecule has 2 saturated carbocycles. The first kappa shape index (κ1) is 8.24. The summed E-state index contributed by atoms with van der Waals surface area (Å²) in [6, 6.07) is 0. The molecule has 0 amide bonds. The summed E-state index contributed by atoms with van der Waals surface area (Å²) in [6.07, 6.45) is 5.70. The molecule has 0 N–H and O–H groups in total. The van der Waals surface area contributed by atoms with Gasteiger partial charge < -0.3 is 4.74 Å². The number of fused-ring (bicyclic) bond motifs is 2. The van der Waals surface area contributed by atoms with Gasteiger partial charge >= 0.3 is 0 Å². The van der Waals surface area contributed by atoms with E-state index < -0.39 is 0 Å². The van der Waals surface area contributed by atoms with Crippen molar-refractivity contribution in [2.45, 2.75) is 38.2 Å². The molecule has 0 radical (unpaired) electrons. The molecule has 0 saturated heterocycles. The third-order valence-corrected chi connectivity index (χ3v) is 3.33. The maximum atomic E-state index is 11.6. The minimum atomic E-state index is -0.0750. The molecule has 0 spiro atoms. The molecule has 2 bridgehead atoms. The van der Waals surface area contributed by atoms with E-state index in [1.807, 2.05) is 0 Å². The highest BCUT2D eigenvalue weighted by Crippen LogP contribution is 2.38. The molecule has 3 unspecified atom stereocenters. The summed E-state index contributed by atoms with van der Waals surface area (Å²) in [5, 5.41) is 0. The number of Topliss-reactive ketones (excluding diaryl/α,β-unsaturated/α-hetero) is 1. The van der Waals surface area contributed by atoms with E-state index in [2.05, 4.69) is 0 Å². The van der Waals surface area contributed by atoms with Crippen LogP contribution in [0.2, 0.25) is 0 Å². The van der Waals surface area contributed by atoms with Crippen molar-refractivity contribution in [2.24, 2.45) is 11.8 Å². The summed E-state index contributed by atoms with van der Waals surface area (Å²) in [4.78, 5) is 11.6. The summed E-state index contributed by atoms with van der Waals surface area (Å²) < 4.78 is 5.19. The fourth-order valence-corrected chi connectivity index (χ4v) is 2.66. The molecule has 2 fully saturated rings. The molecule has 2 rings (SSSR count). The Morgan fingerprint density at radius 3 is 2.92 bits per heavy atom. The molecule has 0 aromatic carbocycles. The van der Waals surface area contributed by atoms with E-state index in [0.717, 1.165) is 25.2 Å². The molecule has 3 atom stereocenters. The van der Waals surface area contributed by atoms with Crippen LogP contribution in [0.1, 0.15) is 32.1 Å². The molecule has 12 heavy (non-hydrogen) atoms. The van der Waals surface area contributed by atoms with E-state index in [9.17, 15) is 4.79 Å². The van der Waals surface area contributed by atoms with Gasteiger partial charge in [-0.1, -0.05) is 12.8 Å². The zero-order valence-electron chi connectivity index (χ0n) is 7.58. The van der Waals surface area contributed by atoms with Gasteiger partial charge in [0.05, 0.1) is 0 Å². The molecule has 2 heteroatoms. The van der Waals surface area contributed by atoms with Crippen LogP contribution in [-0.2, 0) is 9.53 Å². The van der Waals surface area contributed by atoms with Gasteiger partial charge in [-0.15, -0.1) is 0 Å². The molecular formula is C10H16O2. The summed E-state index contributed by atoms with van der Waals surface area (Å²) in [5.41, 5.74) is 0. The summed E-state index contributed by atoms with van der Waals surface area (Å²) >= 11 is 0. The van der Waals surface area contributed by atoms with Gasteiger partial charge in [-0.25, -0.2) is 0 Å². The quantitative estimate of drug-likeness (QED) is 0.596. The molecule has 2 nitrogen and oxygen atoms in total. The number of rotatable bonds is 1. The van der Waals surface area contributed by atoms with Crippen molar-refractivity contribution in [1.29, 1.82) is 0 Å². The Balaban J connectivity index is 2.09. The van der Waals surface area contributed by atoms with Gasteiger partial charge in [0.2, 0.25) is 0 Å². The lowest BCUT2D eigenvalue weighted by atomic mass is 9.70. The summed E-state index contributed by atoms with van der Waals surface area (Å²) in [5.74, 6) is 1.47. The van der Waals surface area contributed by atoms with Gasteiger partial charge in [-0.3, -0.25) is 4.79 Å². The average molecular weight is 168 g/mol. The predicted molar refractivity (Wildman–Crippen MR) is 45.9 cm³/mol. The maximum absolute atomic E-state index is 11.6. The standard InChI is InChI=1S/C10H16O2/c1-12-9-6-7-3-2-4-8(5-7)10(9)11/h7-9H,2-6H2,1H3. The van der Waals surface area contributed by atoms with Crippen molar-refractivity contribution in [2.75, 3.05) is 7.11 Å². The average Bonchev–Trinajstić information content (AvgIpc) is 2.12. The van der Waals surface area contributed by atoms with Crippen LogP contribution in [0.3, 0.4) is 0 Å². The van der Waals surface area contributed by atoms with Crippen molar-refractivity contribution in [1.82, 2.24) is 0 Å². The normalized spacial score (nSPS) is 41.4. The molecule has 0 aromatic heterocycles. The van der Waals surface area contributed by atoms with Gasteiger partial charge in [0.15, 0.2) is 5.78 Å². The van der Waals surface area contributed by atoms with Crippen molar-refractivity contribution >= 4 is 5.78 Å². The first-order chi connectivity index (χ1) is 5.81. The number of ketones is 1. The van der Waals surface area contributed by atoms with E-state index >= 15 is 0 Å². The van der Waals surface area contributed by atoms with Crippen LogP contribution in [0.25, 0.3) is 0 Å². The molecule has 2 aliphatic rings. The van der Waals surface area contributed by atoms with Crippen LogP contribution in [-0.4, -0.2) is 19.0 Å². The van der Waals surface area contributed by atoms with E-state index in [-0.39, 0.29) is 6.10 Å². The number of hydrogen-bond acceptors (Lipinski definition) is 2. The van der Waals surface area contributed by atoms with Gasteiger partial charge in [0.1, 0.15) is 6.10 Å². The fourth-order valence-electron chi connectivity index (χ4n) is 2.66. The zero-order valence-corrected chi connectivity index (χ0v) is 7.58. The van der Waals surface area contributed by atoms with Gasteiger partial charge in [-0.05, 0) is 25.2 Å². The smallest absolute Gasteiger partial charge is 0.164 e. The van der Waals surface area contributed by atoms with Crippen LogP contribution in [0, 0.1) is 11.8 Å². The second-order valence-corrected chi connectivity index (χ2v) is 4.09. The summed E-state index contributed by atoms with van der Waals surface area (Å²) in [7, 11) is 1.66. The molecular weight excluding hydrogens is 152 g/mol. The maximum Gasteiger partial charge on any atom is 0.164 e. The number of carbonyl (C=O) groups is 1. The Morgan fingerprint density at radius 1 is 1.33 bits per heavy atom. The molecule has 2 aliphatic carbocycles. The van der Waals surface area contributed by atoms with Crippen LogP contribution in [0.15, 0.2) is 0 Å². The number of hydrogen-bond donors (Lipinski definition) is 0. The predicted octanol–water partition coefficient (Wildman–Crippen LogP) is 1.78. The number of carbonyl (C=O) groups excluding carboxylic acids is 1. The van der Waals surface area contributed by atoms with Crippen molar-refractivity contribution in [3.63, 3.8) is 0 Å². The molecule has 68 valence electrons. The number of ether oxygens (including phenoxy) is 1. The SMILES string of the molecule is COC1CC2CCCC(C2)C1=O. The van der Waals surface area contributed by atoms with Gasteiger partial charge in [-0.2, -0.15) is 0 Å². The van der Waals surface area contributed by atoms with Crippen molar-refractivity contribution in [3.8, 4) is 0 Å². The van der Waals surface area contributed by atoms with E-state index in [1.165, 1.54) is 12.8 Å². The monoisotopic (exact) mass is 168 g/mol. The van der Waals surface area contributed by atoms with E-state index in [1.54, 1.807) is 7.11 Å². The first-order valence-electron chi connectivity index (χ1n) is 4.87. The molecule has 0 heterocycles. The Hall–Kier alpha value is -0.370. The minimum Gasteiger partial charge on any atom is -0.374 e. The zero-order chi connectivity index (χ0) is 8.55. The first-order valence-corrected chi connectivity index (χ1v) is 4.87. The largest absolute Gasteiger partial charge is 0.374 e. The lowest BCUT2D eigenvalue weighted by Gasteiger charge is -2.36. The highest BCUT2D eigenvalue weighted by atomic mass is 16.5. The molecule has 0 aliphatic heterocycles. The lowest BCUT2D eigenvalue weighted by molar-refractivity contribution is -0.140. The second-order valence-electron chi connectivity index (χ2n) is 4.09. The van der Waals surface area contributed by atoms with E-state index in [4.69, 9.17) is 4.74 Å². The van der Waals surface area contributed by atoms with Crippen LogP contribution in [0.5, 0.6) is 0 Å². The number of methoxy groups -OCH3 is 1. The summed E-state index contributed by atoms with van der Waals surface area (Å²) in [6.45, 7) is 0. The minimum absolute atomic E-state index is 0.0750. The Labute approximate surface area is 73.3 Å². The third-order valence-electron chi connectivity index (χ3n) is 3.33. The van der Waals surface area contributed by atoms with Crippen LogP contribution in [0.4, 0.5) is 0 Å². The van der Waals surface area contributed by atoms with Crippen LogP contribution >= 0.6 is 0 Å². The Morgan fingerprint density at radius 2 is 2.17 bits per heavy atom. The van der Waals surface area contributed by atoms with Gasteiger partial charge in [0, 0.05) is 13.0 Å².